The molecular weight excluding hydrogens is 292 g/mol. The van der Waals surface area contributed by atoms with Crippen LogP contribution in [0.5, 0.6) is 11.5 Å². The number of aromatic nitrogens is 2. The van der Waals surface area contributed by atoms with Gasteiger partial charge >= 0.3 is 0 Å². The maximum atomic E-state index is 10.1. The lowest BCUT2D eigenvalue weighted by molar-refractivity contribution is 0.169. The highest BCUT2D eigenvalue weighted by Crippen LogP contribution is 2.35. The van der Waals surface area contributed by atoms with Gasteiger partial charge in [0.15, 0.2) is 11.5 Å². The van der Waals surface area contributed by atoms with Crippen LogP contribution in [0.4, 0.5) is 0 Å². The second-order valence-electron chi connectivity index (χ2n) is 5.66. The summed E-state index contributed by atoms with van der Waals surface area (Å²) < 4.78 is 13.5. The van der Waals surface area contributed by atoms with E-state index in [1.54, 1.807) is 6.92 Å². The highest BCUT2D eigenvalue weighted by atomic mass is 16.6. The number of nitrogens with zero attached hydrogens (tertiary/aromatic N) is 2. The van der Waals surface area contributed by atoms with Crippen LogP contribution in [-0.4, -0.2) is 27.9 Å². The molecule has 0 spiro atoms. The van der Waals surface area contributed by atoms with E-state index >= 15 is 0 Å². The van der Waals surface area contributed by atoms with Crippen molar-refractivity contribution in [3.63, 3.8) is 0 Å². The molecule has 1 N–H and O–H groups in total. The summed E-state index contributed by atoms with van der Waals surface area (Å²) in [6, 6.07) is 13.8. The molecule has 0 fully saturated rings. The van der Waals surface area contributed by atoms with Gasteiger partial charge in [-0.3, -0.25) is 0 Å². The summed E-state index contributed by atoms with van der Waals surface area (Å²) in [7, 11) is 0. The molecule has 1 aliphatic rings. The molecule has 5 nitrogen and oxygen atoms in total. The summed E-state index contributed by atoms with van der Waals surface area (Å²) in [5, 5.41) is 10.1. The number of hydrogen-bond donors (Lipinski definition) is 1. The minimum absolute atomic E-state index is 0.554. The van der Waals surface area contributed by atoms with E-state index in [0.29, 0.717) is 25.6 Å². The molecular formula is C18H18N2O3. The molecule has 2 heterocycles. The van der Waals surface area contributed by atoms with Crippen molar-refractivity contribution in [2.24, 2.45) is 0 Å². The molecule has 4 rings (SSSR count). The van der Waals surface area contributed by atoms with Gasteiger partial charge in [-0.1, -0.05) is 24.3 Å². The third kappa shape index (κ3) is 2.43. The summed E-state index contributed by atoms with van der Waals surface area (Å²) in [6.07, 6.45) is -0.640. The quantitative estimate of drug-likeness (QED) is 0.808. The number of rotatable bonds is 3. The van der Waals surface area contributed by atoms with Crippen LogP contribution in [-0.2, 0) is 6.54 Å². The van der Waals surface area contributed by atoms with E-state index < -0.39 is 6.10 Å². The lowest BCUT2D eigenvalue weighted by Crippen LogP contribution is -2.17. The monoisotopic (exact) mass is 310 g/mol. The fourth-order valence-corrected chi connectivity index (χ4v) is 3.01. The number of fused-ring (bicyclic) bond motifs is 2. The Labute approximate surface area is 134 Å². The van der Waals surface area contributed by atoms with Crippen LogP contribution in [0.3, 0.4) is 0 Å². The van der Waals surface area contributed by atoms with E-state index in [-0.39, 0.29) is 0 Å². The minimum Gasteiger partial charge on any atom is -0.486 e. The zero-order valence-electron chi connectivity index (χ0n) is 12.9. The number of benzene rings is 2. The molecule has 0 radical (unpaired) electrons. The van der Waals surface area contributed by atoms with E-state index in [2.05, 4.69) is 4.98 Å². The Balaban J connectivity index is 1.83. The smallest absolute Gasteiger partial charge is 0.166 e. The summed E-state index contributed by atoms with van der Waals surface area (Å²) in [6.45, 7) is 3.44. The van der Waals surface area contributed by atoms with Crippen LogP contribution in [0.2, 0.25) is 0 Å². The summed E-state index contributed by atoms with van der Waals surface area (Å²) >= 11 is 0. The summed E-state index contributed by atoms with van der Waals surface area (Å²) in [5.74, 6) is 2.21. The fraction of sp³-hybridized carbons (Fsp3) is 0.278. The zero-order chi connectivity index (χ0) is 15.8. The van der Waals surface area contributed by atoms with Gasteiger partial charge in [0, 0.05) is 5.56 Å². The van der Waals surface area contributed by atoms with Gasteiger partial charge in [-0.15, -0.1) is 0 Å². The third-order valence-corrected chi connectivity index (χ3v) is 4.03. The first kappa shape index (κ1) is 14.1. The van der Waals surface area contributed by atoms with Crippen molar-refractivity contribution >= 4 is 11.0 Å². The van der Waals surface area contributed by atoms with Gasteiger partial charge in [0.05, 0.1) is 17.6 Å². The van der Waals surface area contributed by atoms with Crippen molar-refractivity contribution in [3.8, 4) is 11.5 Å². The van der Waals surface area contributed by atoms with E-state index in [4.69, 9.17) is 9.47 Å². The SMILES string of the molecule is CC(O)c1nc2ccccc2n1Cc1cccc2c1OCCO2. The largest absolute Gasteiger partial charge is 0.486 e. The average molecular weight is 310 g/mol. The van der Waals surface area contributed by atoms with Crippen molar-refractivity contribution in [3.05, 3.63) is 53.9 Å². The number of aliphatic hydroxyl groups excluding tert-OH is 1. The van der Waals surface area contributed by atoms with E-state index in [9.17, 15) is 5.11 Å². The van der Waals surface area contributed by atoms with Gasteiger partial charge in [-0.25, -0.2) is 4.98 Å². The maximum Gasteiger partial charge on any atom is 0.166 e. The lowest BCUT2D eigenvalue weighted by atomic mass is 10.1. The van der Waals surface area contributed by atoms with Crippen molar-refractivity contribution in [2.45, 2.75) is 19.6 Å². The average Bonchev–Trinajstić information content (AvgIpc) is 2.94. The van der Waals surface area contributed by atoms with Crippen LogP contribution < -0.4 is 9.47 Å². The lowest BCUT2D eigenvalue weighted by Gasteiger charge is -2.21. The number of hydrogen-bond acceptors (Lipinski definition) is 4. The fourth-order valence-electron chi connectivity index (χ4n) is 3.01. The second-order valence-corrected chi connectivity index (χ2v) is 5.66. The molecule has 5 heteroatoms. The normalized spacial score (nSPS) is 14.9. The summed E-state index contributed by atoms with van der Waals surface area (Å²) in [4.78, 5) is 4.56. The van der Waals surface area contributed by atoms with E-state index in [0.717, 1.165) is 28.1 Å². The maximum absolute atomic E-state index is 10.1. The molecule has 1 unspecified atom stereocenters. The molecule has 3 aromatic rings. The Morgan fingerprint density at radius 2 is 1.96 bits per heavy atom. The van der Waals surface area contributed by atoms with Crippen LogP contribution in [0.1, 0.15) is 24.4 Å². The van der Waals surface area contributed by atoms with Gasteiger partial charge in [-0.2, -0.15) is 0 Å². The number of ether oxygens (including phenoxy) is 2. The number of imidazole rings is 1. The molecule has 1 atom stereocenters. The first-order valence-corrected chi connectivity index (χ1v) is 7.75. The number of aliphatic hydroxyl groups is 1. The molecule has 0 bridgehead atoms. The second kappa shape index (κ2) is 5.59. The topological polar surface area (TPSA) is 56.5 Å². The highest BCUT2D eigenvalue weighted by molar-refractivity contribution is 5.76. The molecule has 2 aromatic carbocycles. The van der Waals surface area contributed by atoms with Crippen LogP contribution in [0, 0.1) is 0 Å². The Hall–Kier alpha value is -2.53. The van der Waals surface area contributed by atoms with Gasteiger partial charge in [0.2, 0.25) is 0 Å². The molecule has 0 aliphatic carbocycles. The molecule has 0 saturated heterocycles. The van der Waals surface area contributed by atoms with Crippen molar-refractivity contribution in [1.29, 1.82) is 0 Å². The van der Waals surface area contributed by atoms with Crippen LogP contribution in [0.15, 0.2) is 42.5 Å². The predicted octanol–water partition coefficient (Wildman–Crippen LogP) is 2.91. The molecule has 0 amide bonds. The van der Waals surface area contributed by atoms with Gasteiger partial charge < -0.3 is 19.1 Å². The standard InChI is InChI=1S/C18H18N2O3/c1-12(21)18-19-14-6-2-3-7-15(14)20(18)11-13-5-4-8-16-17(13)23-10-9-22-16/h2-8,12,21H,9-11H2,1H3. The molecule has 23 heavy (non-hydrogen) atoms. The van der Waals surface area contributed by atoms with Gasteiger partial charge in [0.25, 0.3) is 0 Å². The Kier molecular flexibility index (Phi) is 3.42. The highest BCUT2D eigenvalue weighted by Gasteiger charge is 2.19. The molecule has 1 aliphatic heterocycles. The van der Waals surface area contributed by atoms with Crippen molar-refractivity contribution < 1.29 is 14.6 Å². The van der Waals surface area contributed by atoms with E-state index in [1.165, 1.54) is 0 Å². The van der Waals surface area contributed by atoms with Crippen LogP contribution >= 0.6 is 0 Å². The van der Waals surface area contributed by atoms with Crippen LogP contribution in [0.25, 0.3) is 11.0 Å². The minimum atomic E-state index is -0.640. The molecule has 118 valence electrons. The number of para-hydroxylation sites is 3. The van der Waals surface area contributed by atoms with Gasteiger partial charge in [0.1, 0.15) is 25.1 Å². The summed E-state index contributed by atoms with van der Waals surface area (Å²) in [5.41, 5.74) is 2.90. The van der Waals surface area contributed by atoms with Gasteiger partial charge in [-0.05, 0) is 25.1 Å². The van der Waals surface area contributed by atoms with Crippen molar-refractivity contribution in [2.75, 3.05) is 13.2 Å². The Bertz CT molecular complexity index is 855. The third-order valence-electron chi connectivity index (χ3n) is 4.03. The molecule has 0 saturated carbocycles. The van der Waals surface area contributed by atoms with E-state index in [1.807, 2.05) is 47.0 Å². The van der Waals surface area contributed by atoms with Crippen molar-refractivity contribution in [1.82, 2.24) is 9.55 Å². The first-order valence-electron chi connectivity index (χ1n) is 7.75. The molecule has 1 aromatic heterocycles. The zero-order valence-corrected chi connectivity index (χ0v) is 12.9. The Morgan fingerprint density at radius 1 is 1.13 bits per heavy atom. The first-order chi connectivity index (χ1) is 11.2. The Morgan fingerprint density at radius 3 is 2.83 bits per heavy atom. The predicted molar refractivity (Wildman–Crippen MR) is 86.9 cm³/mol.